The molecule has 5 heteroatoms. The lowest BCUT2D eigenvalue weighted by atomic mass is 9.94. The molecule has 5 nitrogen and oxygen atoms in total. The first-order chi connectivity index (χ1) is 19.3. The van der Waals surface area contributed by atoms with Crippen LogP contribution in [-0.2, 0) is 26.2 Å². The predicted octanol–water partition coefficient (Wildman–Crippen LogP) is 5.68. The lowest BCUT2D eigenvalue weighted by Gasteiger charge is -2.38. The molecule has 0 aromatic heterocycles. The van der Waals surface area contributed by atoms with Crippen LogP contribution in [0.25, 0.3) is 0 Å². The van der Waals surface area contributed by atoms with E-state index in [1.165, 1.54) is 16.8 Å². The summed E-state index contributed by atoms with van der Waals surface area (Å²) in [6.07, 6.45) is 0.995. The average molecular weight is 520 g/mol. The molecule has 4 aromatic carbocycles. The third kappa shape index (κ3) is 6.62. The molecule has 0 radical (unpaired) electrons. The van der Waals surface area contributed by atoms with Crippen molar-refractivity contribution in [2.75, 3.05) is 37.6 Å². The molecule has 2 aliphatic heterocycles. The Labute approximate surface area is 232 Å². The van der Waals surface area contributed by atoms with Crippen molar-refractivity contribution in [1.82, 2.24) is 10.2 Å². The van der Waals surface area contributed by atoms with Crippen LogP contribution in [0.4, 0.5) is 5.69 Å². The molecule has 0 spiro atoms. The normalized spacial score (nSPS) is 17.4. The lowest BCUT2D eigenvalue weighted by molar-refractivity contribution is 0.223. The Morgan fingerprint density at radius 1 is 0.641 bits per heavy atom. The molecule has 0 saturated carbocycles. The van der Waals surface area contributed by atoms with Gasteiger partial charge in [-0.3, -0.25) is 4.90 Å². The third-order valence-corrected chi connectivity index (χ3v) is 7.76. The van der Waals surface area contributed by atoms with E-state index in [4.69, 9.17) is 9.47 Å². The molecule has 4 aromatic rings. The van der Waals surface area contributed by atoms with Crippen LogP contribution < -0.4 is 19.7 Å². The average Bonchev–Trinajstić information content (AvgIpc) is 3.00. The number of anilines is 1. The molecule has 1 atom stereocenters. The van der Waals surface area contributed by atoms with E-state index in [0.29, 0.717) is 19.3 Å². The van der Waals surface area contributed by atoms with Gasteiger partial charge < -0.3 is 19.7 Å². The molecular weight excluding hydrogens is 482 g/mol. The first-order valence-corrected chi connectivity index (χ1v) is 14.1. The molecule has 2 aliphatic rings. The van der Waals surface area contributed by atoms with E-state index in [2.05, 4.69) is 81.8 Å². The Morgan fingerprint density at radius 2 is 1.18 bits per heavy atom. The summed E-state index contributed by atoms with van der Waals surface area (Å²) >= 11 is 0. The van der Waals surface area contributed by atoms with E-state index in [9.17, 15) is 0 Å². The summed E-state index contributed by atoms with van der Waals surface area (Å²) in [5.41, 5.74) is 6.29. The Kier molecular flexibility index (Phi) is 8.08. The van der Waals surface area contributed by atoms with E-state index >= 15 is 0 Å². The van der Waals surface area contributed by atoms with E-state index in [1.807, 2.05) is 36.4 Å². The topological polar surface area (TPSA) is 37.0 Å². The van der Waals surface area contributed by atoms with Crippen molar-refractivity contribution < 1.29 is 9.47 Å². The molecule has 0 aliphatic carbocycles. The molecule has 1 fully saturated rings. The highest BCUT2D eigenvalue weighted by Gasteiger charge is 2.25. The Hall–Kier alpha value is -3.80. The number of fused-ring (bicyclic) bond motifs is 1. The minimum Gasteiger partial charge on any atom is -0.485 e. The molecule has 200 valence electrons. The van der Waals surface area contributed by atoms with Crippen LogP contribution in [-0.4, -0.2) is 43.7 Å². The van der Waals surface area contributed by atoms with Gasteiger partial charge in [0.05, 0.1) is 0 Å². The second kappa shape index (κ2) is 12.4. The first-order valence-electron chi connectivity index (χ1n) is 14.1. The predicted molar refractivity (Wildman–Crippen MR) is 157 cm³/mol. The van der Waals surface area contributed by atoms with Gasteiger partial charge in [-0.2, -0.15) is 0 Å². The van der Waals surface area contributed by atoms with Gasteiger partial charge in [0.15, 0.2) is 11.5 Å². The number of hydrogen-bond donors (Lipinski definition) is 1. The largest absolute Gasteiger partial charge is 0.485 e. The molecule has 0 bridgehead atoms. The van der Waals surface area contributed by atoms with Crippen molar-refractivity contribution in [3.63, 3.8) is 0 Å². The SMILES string of the molecule is c1ccc(COc2cc3c(cc2OCc2ccccc2)CC(CN2CCN(c4ccccc4)CC2)NC3)cc1. The van der Waals surface area contributed by atoms with Crippen molar-refractivity contribution in [2.45, 2.75) is 32.2 Å². The fourth-order valence-corrected chi connectivity index (χ4v) is 5.56. The highest BCUT2D eigenvalue weighted by atomic mass is 16.5. The summed E-state index contributed by atoms with van der Waals surface area (Å²) < 4.78 is 12.7. The summed E-state index contributed by atoms with van der Waals surface area (Å²) in [6, 6.07) is 36.2. The number of rotatable bonds is 9. The molecule has 0 amide bonds. The van der Waals surface area contributed by atoms with Gasteiger partial charge in [0.1, 0.15) is 13.2 Å². The van der Waals surface area contributed by atoms with Gasteiger partial charge >= 0.3 is 0 Å². The highest BCUT2D eigenvalue weighted by Crippen LogP contribution is 2.34. The van der Waals surface area contributed by atoms with Crippen LogP contribution in [0.3, 0.4) is 0 Å². The summed E-state index contributed by atoms with van der Waals surface area (Å²) in [5.74, 6) is 1.64. The van der Waals surface area contributed by atoms with Gasteiger partial charge in [-0.15, -0.1) is 0 Å². The Balaban J connectivity index is 1.12. The summed E-state index contributed by atoms with van der Waals surface area (Å²) in [4.78, 5) is 5.10. The van der Waals surface area contributed by atoms with Gasteiger partial charge in [0, 0.05) is 51.0 Å². The van der Waals surface area contributed by atoms with E-state index in [0.717, 1.165) is 68.3 Å². The maximum Gasteiger partial charge on any atom is 0.162 e. The van der Waals surface area contributed by atoms with Crippen LogP contribution in [0.15, 0.2) is 103 Å². The van der Waals surface area contributed by atoms with Crippen LogP contribution >= 0.6 is 0 Å². The van der Waals surface area contributed by atoms with Crippen molar-refractivity contribution in [2.24, 2.45) is 0 Å². The maximum atomic E-state index is 6.36. The van der Waals surface area contributed by atoms with Gasteiger partial charge in [-0.1, -0.05) is 78.9 Å². The minimum atomic E-state index is 0.429. The molecule has 1 saturated heterocycles. The number of piperazine rings is 1. The van der Waals surface area contributed by atoms with Crippen molar-refractivity contribution in [3.8, 4) is 11.5 Å². The molecule has 2 heterocycles. The Morgan fingerprint density at radius 3 is 1.77 bits per heavy atom. The van der Waals surface area contributed by atoms with Gasteiger partial charge in [0.2, 0.25) is 0 Å². The van der Waals surface area contributed by atoms with Gasteiger partial charge in [-0.25, -0.2) is 0 Å². The quantitative estimate of drug-likeness (QED) is 0.308. The Bertz CT molecular complexity index is 1320. The van der Waals surface area contributed by atoms with Crippen LogP contribution in [0, 0.1) is 0 Å². The second-order valence-electron chi connectivity index (χ2n) is 10.5. The monoisotopic (exact) mass is 519 g/mol. The number of nitrogens with zero attached hydrogens (tertiary/aromatic N) is 2. The van der Waals surface area contributed by atoms with E-state index in [-0.39, 0.29) is 0 Å². The standard InChI is InChI=1S/C34H37N3O2/c1-4-10-27(11-5-1)25-38-33-21-29-20-31(24-36-16-18-37(19-17-36)32-14-8-3-9-15-32)35-23-30(29)22-34(33)39-26-28-12-6-2-7-13-28/h1-15,21-22,31,35H,16-20,23-26H2. The molecular formula is C34H37N3O2. The van der Waals surface area contributed by atoms with Crippen molar-refractivity contribution in [3.05, 3.63) is 125 Å². The lowest BCUT2D eigenvalue weighted by Crippen LogP contribution is -2.52. The van der Waals surface area contributed by atoms with Crippen LogP contribution in [0.2, 0.25) is 0 Å². The summed E-state index contributed by atoms with van der Waals surface area (Å²) in [7, 11) is 0. The van der Waals surface area contributed by atoms with E-state index in [1.54, 1.807) is 0 Å². The minimum absolute atomic E-state index is 0.429. The van der Waals surface area contributed by atoms with Gasteiger partial charge in [0.25, 0.3) is 0 Å². The maximum absolute atomic E-state index is 6.36. The smallest absolute Gasteiger partial charge is 0.162 e. The van der Waals surface area contributed by atoms with E-state index < -0.39 is 0 Å². The zero-order chi connectivity index (χ0) is 26.3. The molecule has 1 unspecified atom stereocenters. The van der Waals surface area contributed by atoms with Crippen LogP contribution in [0.1, 0.15) is 22.3 Å². The number of para-hydroxylation sites is 1. The number of ether oxygens (including phenoxy) is 2. The molecule has 1 N–H and O–H groups in total. The second-order valence-corrected chi connectivity index (χ2v) is 10.5. The zero-order valence-electron chi connectivity index (χ0n) is 22.5. The zero-order valence-corrected chi connectivity index (χ0v) is 22.5. The fourth-order valence-electron chi connectivity index (χ4n) is 5.56. The number of nitrogens with one attached hydrogen (secondary N) is 1. The van der Waals surface area contributed by atoms with Gasteiger partial charge in [-0.05, 0) is 52.9 Å². The summed E-state index contributed by atoms with van der Waals surface area (Å²) in [6.45, 7) is 7.30. The third-order valence-electron chi connectivity index (χ3n) is 7.76. The highest BCUT2D eigenvalue weighted by molar-refractivity contribution is 5.49. The summed E-state index contributed by atoms with van der Waals surface area (Å²) in [5, 5.41) is 3.79. The number of hydrogen-bond acceptors (Lipinski definition) is 5. The molecule has 6 rings (SSSR count). The van der Waals surface area contributed by atoms with Crippen molar-refractivity contribution in [1.29, 1.82) is 0 Å². The van der Waals surface area contributed by atoms with Crippen molar-refractivity contribution >= 4 is 5.69 Å². The number of benzene rings is 4. The van der Waals surface area contributed by atoms with Crippen LogP contribution in [0.5, 0.6) is 11.5 Å². The molecule has 39 heavy (non-hydrogen) atoms. The first kappa shape index (κ1) is 25.5. The fraction of sp³-hybridized carbons (Fsp3) is 0.294.